The molecular formula is C9H14N2O3Si. The summed E-state index contributed by atoms with van der Waals surface area (Å²) < 4.78 is 16.8. The number of nitrogens with zero attached hydrogens (tertiary/aromatic N) is 2. The third kappa shape index (κ3) is 2.12. The highest BCUT2D eigenvalue weighted by Gasteiger charge is 2.43. The molecule has 15 heavy (non-hydrogen) atoms. The van der Waals surface area contributed by atoms with Gasteiger partial charge < -0.3 is 13.3 Å². The van der Waals surface area contributed by atoms with Crippen molar-refractivity contribution in [3.63, 3.8) is 0 Å². The summed E-state index contributed by atoms with van der Waals surface area (Å²) in [5.74, 6) is 0. The molecule has 3 aliphatic heterocycles. The highest BCUT2D eigenvalue weighted by atomic mass is 28.4. The zero-order chi connectivity index (χ0) is 10.7. The Kier molecular flexibility index (Phi) is 3.19. The summed E-state index contributed by atoms with van der Waals surface area (Å²) in [5, 5.41) is 9.01. The molecule has 3 fully saturated rings. The lowest BCUT2D eigenvalue weighted by Crippen LogP contribution is -2.57. The summed E-state index contributed by atoms with van der Waals surface area (Å²) in [6, 6.07) is 2.06. The summed E-state index contributed by atoms with van der Waals surface area (Å²) in [6.07, 6.45) is 0. The molecule has 0 aromatic rings. The second kappa shape index (κ2) is 4.43. The van der Waals surface area contributed by atoms with Gasteiger partial charge in [-0.25, -0.2) is 0 Å². The molecule has 0 N–H and O–H groups in total. The van der Waals surface area contributed by atoms with Gasteiger partial charge in [0.25, 0.3) is 0 Å². The van der Waals surface area contributed by atoms with E-state index in [2.05, 4.69) is 12.6 Å². The molecule has 3 heterocycles. The predicted octanol–water partition coefficient (Wildman–Crippen LogP) is -0.0783. The van der Waals surface area contributed by atoms with Gasteiger partial charge in [0.2, 0.25) is 0 Å². The largest absolute Gasteiger partial charge is 0.529 e. The fraction of sp³-hybridized carbons (Fsp3) is 0.667. The highest BCUT2D eigenvalue weighted by Crippen LogP contribution is 2.18. The van der Waals surface area contributed by atoms with Crippen LogP contribution in [0.4, 0.5) is 0 Å². The van der Waals surface area contributed by atoms with Crippen LogP contribution < -0.4 is 0 Å². The van der Waals surface area contributed by atoms with Crippen molar-refractivity contribution in [2.24, 2.45) is 0 Å². The molecule has 3 saturated heterocycles. The van der Waals surface area contributed by atoms with Crippen molar-refractivity contribution in [3.05, 3.63) is 12.3 Å². The monoisotopic (exact) mass is 226 g/mol. The average molecular weight is 226 g/mol. The second-order valence-corrected chi connectivity index (χ2v) is 5.98. The average Bonchev–Trinajstić information content (AvgIpc) is 2.17. The van der Waals surface area contributed by atoms with Crippen LogP contribution in [0.25, 0.3) is 0 Å². The van der Waals surface area contributed by atoms with E-state index in [1.807, 2.05) is 4.90 Å². The third-order valence-electron chi connectivity index (χ3n) is 2.65. The molecule has 3 rings (SSSR count). The maximum absolute atomic E-state index is 9.01. The lowest BCUT2D eigenvalue weighted by Gasteiger charge is -2.38. The van der Waals surface area contributed by atoms with Gasteiger partial charge in [-0.15, -0.1) is 0 Å². The molecule has 82 valence electrons. The summed E-state index contributed by atoms with van der Waals surface area (Å²) >= 11 is 0. The summed E-state index contributed by atoms with van der Waals surface area (Å²) in [7, 11) is -2.67. The van der Waals surface area contributed by atoms with Crippen molar-refractivity contribution in [2.75, 3.05) is 32.9 Å². The Morgan fingerprint density at radius 2 is 2.00 bits per heavy atom. The van der Waals surface area contributed by atoms with Crippen LogP contribution in [-0.2, 0) is 13.3 Å². The summed E-state index contributed by atoms with van der Waals surface area (Å²) in [4.78, 5) is 2.03. The first-order chi connectivity index (χ1) is 7.29. The molecule has 0 aromatic heterocycles. The lowest BCUT2D eigenvalue weighted by molar-refractivity contribution is -0.0140. The number of nitriles is 1. The molecule has 1 unspecified atom stereocenters. The first kappa shape index (κ1) is 10.8. The zero-order valence-electron chi connectivity index (χ0n) is 8.52. The van der Waals surface area contributed by atoms with Gasteiger partial charge in [0.05, 0.1) is 25.9 Å². The van der Waals surface area contributed by atoms with E-state index in [-0.39, 0.29) is 6.04 Å². The molecule has 0 aromatic carbocycles. The predicted molar refractivity (Wildman–Crippen MR) is 54.8 cm³/mol. The smallest absolute Gasteiger partial charge is 0.369 e. The van der Waals surface area contributed by atoms with Crippen molar-refractivity contribution in [2.45, 2.75) is 6.04 Å². The van der Waals surface area contributed by atoms with Gasteiger partial charge in [-0.1, -0.05) is 6.58 Å². The van der Waals surface area contributed by atoms with E-state index in [1.54, 1.807) is 5.70 Å². The SMILES string of the molecule is C=C[Si]12OCCN(CCO1)C(C#N)CO2. The van der Waals surface area contributed by atoms with Crippen LogP contribution in [0.5, 0.6) is 0 Å². The van der Waals surface area contributed by atoms with Crippen molar-refractivity contribution < 1.29 is 13.3 Å². The molecule has 2 bridgehead atoms. The van der Waals surface area contributed by atoms with Crippen LogP contribution in [0.1, 0.15) is 0 Å². The normalized spacial score (nSPS) is 41.0. The van der Waals surface area contributed by atoms with E-state index in [9.17, 15) is 0 Å². The minimum absolute atomic E-state index is 0.190. The summed E-state index contributed by atoms with van der Waals surface area (Å²) in [5.41, 5.74) is 1.64. The van der Waals surface area contributed by atoms with Gasteiger partial charge in [-0.3, -0.25) is 4.90 Å². The van der Waals surface area contributed by atoms with E-state index in [1.165, 1.54) is 0 Å². The Bertz CT molecular complexity index is 282. The van der Waals surface area contributed by atoms with E-state index in [4.69, 9.17) is 18.5 Å². The van der Waals surface area contributed by atoms with Gasteiger partial charge in [-0.2, -0.15) is 5.26 Å². The fourth-order valence-electron chi connectivity index (χ4n) is 1.75. The highest BCUT2D eigenvalue weighted by molar-refractivity contribution is 6.66. The topological polar surface area (TPSA) is 54.7 Å². The maximum Gasteiger partial charge on any atom is 0.529 e. The molecule has 3 aliphatic rings. The Labute approximate surface area is 90.2 Å². The summed E-state index contributed by atoms with van der Waals surface area (Å²) in [6.45, 7) is 6.64. The van der Waals surface area contributed by atoms with Crippen molar-refractivity contribution in [1.29, 1.82) is 5.26 Å². The molecule has 0 aliphatic carbocycles. The van der Waals surface area contributed by atoms with Crippen LogP contribution in [0.3, 0.4) is 0 Å². The van der Waals surface area contributed by atoms with Gasteiger partial charge in [0.15, 0.2) is 0 Å². The molecule has 1 atom stereocenters. The Balaban J connectivity index is 2.19. The third-order valence-corrected chi connectivity index (χ3v) is 4.93. The van der Waals surface area contributed by atoms with E-state index < -0.39 is 8.80 Å². The molecule has 0 spiro atoms. The van der Waals surface area contributed by atoms with Crippen molar-refractivity contribution >= 4 is 8.80 Å². The van der Waals surface area contributed by atoms with Crippen LogP contribution in [0.2, 0.25) is 0 Å². The Hall–Kier alpha value is -0.713. The van der Waals surface area contributed by atoms with E-state index in [0.717, 1.165) is 13.1 Å². The Morgan fingerprint density at radius 1 is 1.33 bits per heavy atom. The van der Waals surface area contributed by atoms with E-state index >= 15 is 0 Å². The molecular weight excluding hydrogens is 212 g/mol. The first-order valence-electron chi connectivity index (χ1n) is 4.99. The second-order valence-electron chi connectivity index (χ2n) is 3.50. The minimum atomic E-state index is -2.67. The molecule has 6 heteroatoms. The first-order valence-corrected chi connectivity index (χ1v) is 6.79. The minimum Gasteiger partial charge on any atom is -0.369 e. The van der Waals surface area contributed by atoms with Crippen molar-refractivity contribution in [1.82, 2.24) is 4.90 Å². The fourth-order valence-corrected chi connectivity index (χ4v) is 3.50. The number of hydrogen-bond acceptors (Lipinski definition) is 5. The zero-order valence-corrected chi connectivity index (χ0v) is 9.52. The van der Waals surface area contributed by atoms with Crippen LogP contribution in [0.15, 0.2) is 12.3 Å². The van der Waals surface area contributed by atoms with Gasteiger partial charge in [0, 0.05) is 13.1 Å². The lowest BCUT2D eigenvalue weighted by atomic mass is 10.3. The molecule has 0 amide bonds. The van der Waals surface area contributed by atoms with Crippen molar-refractivity contribution in [3.8, 4) is 6.07 Å². The standard InChI is InChI=1S/C9H14N2O3Si/c1-2-15-12-5-3-11(4-6-13-15)9(7-10)8-14-15/h2,9H,1,3-6,8H2. The molecule has 0 radical (unpaired) electrons. The van der Waals surface area contributed by atoms with Gasteiger partial charge in [-0.05, 0) is 5.70 Å². The van der Waals surface area contributed by atoms with Crippen LogP contribution in [-0.4, -0.2) is 52.7 Å². The van der Waals surface area contributed by atoms with Gasteiger partial charge >= 0.3 is 8.80 Å². The number of rotatable bonds is 1. The maximum atomic E-state index is 9.01. The van der Waals surface area contributed by atoms with Crippen LogP contribution in [0, 0.1) is 11.3 Å². The van der Waals surface area contributed by atoms with Crippen LogP contribution >= 0.6 is 0 Å². The quantitative estimate of drug-likeness (QED) is 0.585. The molecule has 5 nitrogen and oxygen atoms in total. The number of hydrogen-bond donors (Lipinski definition) is 0. The van der Waals surface area contributed by atoms with E-state index in [0.29, 0.717) is 19.8 Å². The number of fused-ring (bicyclic) bond motifs is 6. The van der Waals surface area contributed by atoms with Gasteiger partial charge in [0.1, 0.15) is 6.04 Å². The Morgan fingerprint density at radius 3 is 2.53 bits per heavy atom. The molecule has 0 saturated carbocycles.